The van der Waals surface area contributed by atoms with Crippen LogP contribution < -0.4 is 0 Å². The van der Waals surface area contributed by atoms with E-state index in [2.05, 4.69) is 15.0 Å². The molecule has 64 valence electrons. The maximum absolute atomic E-state index is 4.16. The summed E-state index contributed by atoms with van der Waals surface area (Å²) in [7, 11) is 0. The number of aromatic amines is 1. The lowest BCUT2D eigenvalue weighted by molar-refractivity contribution is 1.29. The third-order valence-electron chi connectivity index (χ3n) is 1.64. The van der Waals surface area contributed by atoms with Crippen molar-refractivity contribution in [2.24, 2.45) is 0 Å². The summed E-state index contributed by atoms with van der Waals surface area (Å²) in [5, 5.41) is 0. The number of hydrogen-bond donors (Lipinski definition) is 1. The Morgan fingerprint density at radius 2 is 2.23 bits per heavy atom. The van der Waals surface area contributed by atoms with Crippen LogP contribution in [0.4, 0.5) is 0 Å². The zero-order valence-electron chi connectivity index (χ0n) is 7.01. The zero-order chi connectivity index (χ0) is 8.93. The predicted octanol–water partition coefficient (Wildman–Crippen LogP) is 1.98. The fourth-order valence-corrected chi connectivity index (χ4v) is 1.01. The third kappa shape index (κ3) is 2.02. The minimum Gasteiger partial charge on any atom is -0.345 e. The molecule has 2 aromatic rings. The van der Waals surface area contributed by atoms with Crippen molar-refractivity contribution < 1.29 is 0 Å². The topological polar surface area (TPSA) is 41.6 Å². The van der Waals surface area contributed by atoms with E-state index in [4.69, 9.17) is 0 Å². The number of aromatic nitrogens is 3. The van der Waals surface area contributed by atoms with Crippen LogP contribution in [0.5, 0.6) is 0 Å². The lowest BCUT2D eigenvalue weighted by Gasteiger charge is -1.88. The highest BCUT2D eigenvalue weighted by molar-refractivity contribution is 5.65. The molecule has 0 aliphatic carbocycles. The van der Waals surface area contributed by atoms with Gasteiger partial charge in [-0.1, -0.05) is 6.07 Å². The van der Waals surface area contributed by atoms with Crippen molar-refractivity contribution in [3.63, 3.8) is 0 Å². The molecule has 0 saturated carbocycles. The molecule has 3 heteroatoms. The van der Waals surface area contributed by atoms with Crippen molar-refractivity contribution in [3.8, 4) is 0 Å². The molecule has 0 spiro atoms. The van der Waals surface area contributed by atoms with Gasteiger partial charge in [-0.25, -0.2) is 4.98 Å². The predicted molar refractivity (Wildman–Crippen MR) is 51.8 cm³/mol. The first kappa shape index (κ1) is 7.73. The molecule has 0 aromatic carbocycles. The molecule has 0 amide bonds. The lowest BCUT2D eigenvalue weighted by atomic mass is 10.3. The molecule has 13 heavy (non-hydrogen) atoms. The van der Waals surface area contributed by atoms with E-state index in [9.17, 15) is 0 Å². The average molecular weight is 171 g/mol. The summed E-state index contributed by atoms with van der Waals surface area (Å²) < 4.78 is 0. The Labute approximate surface area is 76.2 Å². The smallest absolute Gasteiger partial charge is 0.0924 e. The zero-order valence-corrected chi connectivity index (χ0v) is 7.01. The van der Waals surface area contributed by atoms with Gasteiger partial charge in [-0.05, 0) is 24.3 Å². The van der Waals surface area contributed by atoms with E-state index < -0.39 is 0 Å². The highest BCUT2D eigenvalue weighted by Gasteiger charge is 1.86. The molecule has 3 nitrogen and oxygen atoms in total. The quantitative estimate of drug-likeness (QED) is 0.750. The van der Waals surface area contributed by atoms with E-state index in [1.165, 1.54) is 0 Å². The van der Waals surface area contributed by atoms with Gasteiger partial charge >= 0.3 is 0 Å². The van der Waals surface area contributed by atoms with Crippen LogP contribution >= 0.6 is 0 Å². The number of H-pyrrole nitrogens is 1. The number of rotatable bonds is 2. The molecule has 0 radical (unpaired) electrons. The molecule has 0 saturated heterocycles. The van der Waals surface area contributed by atoms with Gasteiger partial charge in [-0.2, -0.15) is 0 Å². The lowest BCUT2D eigenvalue weighted by Crippen LogP contribution is -1.76. The van der Waals surface area contributed by atoms with E-state index >= 15 is 0 Å². The van der Waals surface area contributed by atoms with E-state index in [0.717, 1.165) is 11.4 Å². The highest BCUT2D eigenvalue weighted by atomic mass is 14.8. The Morgan fingerprint density at radius 1 is 1.23 bits per heavy atom. The van der Waals surface area contributed by atoms with Gasteiger partial charge in [0.15, 0.2) is 0 Å². The molecule has 2 aromatic heterocycles. The van der Waals surface area contributed by atoms with Crippen LogP contribution in [0.2, 0.25) is 0 Å². The molecular weight excluding hydrogens is 162 g/mol. The van der Waals surface area contributed by atoms with Crippen molar-refractivity contribution in [1.29, 1.82) is 0 Å². The Hall–Kier alpha value is -1.90. The summed E-state index contributed by atoms with van der Waals surface area (Å²) in [4.78, 5) is 11.0. The van der Waals surface area contributed by atoms with Gasteiger partial charge in [-0.3, -0.25) is 4.98 Å². The Morgan fingerprint density at radius 3 is 2.92 bits per heavy atom. The van der Waals surface area contributed by atoms with Gasteiger partial charge < -0.3 is 4.98 Å². The van der Waals surface area contributed by atoms with Crippen molar-refractivity contribution in [2.45, 2.75) is 0 Å². The van der Waals surface area contributed by atoms with Gasteiger partial charge in [0.25, 0.3) is 0 Å². The molecule has 0 aliphatic heterocycles. The Kier molecular flexibility index (Phi) is 2.18. The third-order valence-corrected chi connectivity index (χ3v) is 1.64. The van der Waals surface area contributed by atoms with Crippen LogP contribution in [0.3, 0.4) is 0 Å². The van der Waals surface area contributed by atoms with Crippen molar-refractivity contribution in [2.75, 3.05) is 0 Å². The fraction of sp³-hybridized carbons (Fsp3) is 0. The van der Waals surface area contributed by atoms with Gasteiger partial charge in [0.2, 0.25) is 0 Å². The number of nitrogens with one attached hydrogen (secondary N) is 1. The number of hydrogen-bond acceptors (Lipinski definition) is 2. The first-order valence-corrected chi connectivity index (χ1v) is 4.02. The second-order valence-corrected chi connectivity index (χ2v) is 2.59. The molecule has 0 fully saturated rings. The van der Waals surface area contributed by atoms with Crippen LogP contribution in [-0.4, -0.2) is 15.0 Å². The minimum absolute atomic E-state index is 0.942. The van der Waals surface area contributed by atoms with Gasteiger partial charge in [-0.15, -0.1) is 0 Å². The monoisotopic (exact) mass is 171 g/mol. The number of imidazole rings is 1. The molecule has 0 atom stereocenters. The second kappa shape index (κ2) is 3.67. The SMILES string of the molecule is C(=C/c1cnc[nH]1)/c1ccccn1. The van der Waals surface area contributed by atoms with E-state index in [-0.39, 0.29) is 0 Å². The maximum atomic E-state index is 4.16. The molecule has 0 aliphatic rings. The van der Waals surface area contributed by atoms with E-state index in [1.807, 2.05) is 30.4 Å². The minimum atomic E-state index is 0.942. The van der Waals surface area contributed by atoms with Crippen molar-refractivity contribution >= 4 is 12.2 Å². The summed E-state index contributed by atoms with van der Waals surface area (Å²) in [5.41, 5.74) is 1.92. The number of nitrogens with zero attached hydrogens (tertiary/aromatic N) is 2. The fourth-order valence-electron chi connectivity index (χ4n) is 1.01. The first-order chi connectivity index (χ1) is 6.45. The summed E-state index contributed by atoms with van der Waals surface area (Å²) in [5.74, 6) is 0. The normalized spacial score (nSPS) is 10.8. The molecule has 0 bridgehead atoms. The van der Waals surface area contributed by atoms with Crippen LogP contribution in [-0.2, 0) is 0 Å². The number of pyridine rings is 1. The highest BCUT2D eigenvalue weighted by Crippen LogP contribution is 2.01. The maximum Gasteiger partial charge on any atom is 0.0924 e. The first-order valence-electron chi connectivity index (χ1n) is 4.02. The molecule has 0 unspecified atom stereocenters. The van der Waals surface area contributed by atoms with Crippen molar-refractivity contribution in [3.05, 3.63) is 48.3 Å². The van der Waals surface area contributed by atoms with Gasteiger partial charge in [0.05, 0.1) is 23.9 Å². The molecular formula is C10H9N3. The molecule has 1 N–H and O–H groups in total. The Balaban J connectivity index is 2.15. The van der Waals surface area contributed by atoms with Crippen LogP contribution in [0, 0.1) is 0 Å². The summed E-state index contributed by atoms with van der Waals surface area (Å²) in [6.07, 6.45) is 9.06. The average Bonchev–Trinajstić information content (AvgIpc) is 2.69. The van der Waals surface area contributed by atoms with Crippen LogP contribution in [0.25, 0.3) is 12.2 Å². The van der Waals surface area contributed by atoms with E-state index in [1.54, 1.807) is 18.7 Å². The largest absolute Gasteiger partial charge is 0.345 e. The van der Waals surface area contributed by atoms with Crippen LogP contribution in [0.1, 0.15) is 11.4 Å². The second-order valence-electron chi connectivity index (χ2n) is 2.59. The van der Waals surface area contributed by atoms with Crippen molar-refractivity contribution in [1.82, 2.24) is 15.0 Å². The summed E-state index contributed by atoms with van der Waals surface area (Å²) >= 11 is 0. The summed E-state index contributed by atoms with van der Waals surface area (Å²) in [6, 6.07) is 5.81. The van der Waals surface area contributed by atoms with Crippen LogP contribution in [0.15, 0.2) is 36.9 Å². The summed E-state index contributed by atoms with van der Waals surface area (Å²) in [6.45, 7) is 0. The molecule has 2 rings (SSSR count). The standard InChI is InChI=1S/C10H9N3/c1-2-6-12-9(3-1)4-5-10-7-11-8-13-10/h1-8H,(H,11,13)/b5-4-. The van der Waals surface area contributed by atoms with E-state index in [0.29, 0.717) is 0 Å². The van der Waals surface area contributed by atoms with Gasteiger partial charge in [0, 0.05) is 6.20 Å². The molecule has 2 heterocycles. The Bertz CT molecular complexity index is 376. The van der Waals surface area contributed by atoms with Gasteiger partial charge in [0.1, 0.15) is 0 Å².